The van der Waals surface area contributed by atoms with Gasteiger partial charge in [0.1, 0.15) is 0 Å². The lowest BCUT2D eigenvalue weighted by atomic mass is 10.3. The number of methoxy groups -OCH3 is 1. The Hall–Kier alpha value is -1.17. The fraction of sp³-hybridized carbons (Fsp3) is 0.545. The number of hydrazine groups is 1. The minimum Gasteiger partial charge on any atom is -0.481 e. The van der Waals surface area contributed by atoms with Gasteiger partial charge in [0.15, 0.2) is 0 Å². The minimum absolute atomic E-state index is 0.684. The molecule has 16 heavy (non-hydrogen) atoms. The van der Waals surface area contributed by atoms with Crippen molar-refractivity contribution in [2.24, 2.45) is 0 Å². The molecule has 0 atom stereocenters. The van der Waals surface area contributed by atoms with Crippen LogP contribution < -0.4 is 10.2 Å². The molecule has 1 fully saturated rings. The summed E-state index contributed by atoms with van der Waals surface area (Å²) >= 11 is 0. The molecule has 0 saturated carbocycles. The van der Waals surface area contributed by atoms with Gasteiger partial charge in [0.05, 0.1) is 20.3 Å². The van der Waals surface area contributed by atoms with Crippen LogP contribution in [-0.4, -0.2) is 43.4 Å². The highest BCUT2D eigenvalue weighted by Gasteiger charge is 2.10. The lowest BCUT2D eigenvalue weighted by Gasteiger charge is -2.27. The molecule has 0 radical (unpaired) electrons. The maximum Gasteiger partial charge on any atom is 0.217 e. The Morgan fingerprint density at radius 3 is 3.06 bits per heavy atom. The molecule has 1 N–H and O–H groups in total. The summed E-state index contributed by atoms with van der Waals surface area (Å²) in [7, 11) is 1.64. The second-order valence-corrected chi connectivity index (χ2v) is 3.61. The van der Waals surface area contributed by atoms with Crippen LogP contribution in [0.1, 0.15) is 5.56 Å². The number of ether oxygens (including phenoxy) is 2. The summed E-state index contributed by atoms with van der Waals surface area (Å²) in [6, 6.07) is 3.93. The summed E-state index contributed by atoms with van der Waals surface area (Å²) in [5.74, 6) is 0.684. The Morgan fingerprint density at radius 1 is 1.50 bits per heavy atom. The van der Waals surface area contributed by atoms with Gasteiger partial charge in [-0.15, -0.1) is 0 Å². The third kappa shape index (κ3) is 2.91. The van der Waals surface area contributed by atoms with Gasteiger partial charge in [-0.25, -0.2) is 9.99 Å². The van der Waals surface area contributed by atoms with Crippen molar-refractivity contribution in [2.75, 3.05) is 33.4 Å². The molecule has 1 saturated heterocycles. The quantitative estimate of drug-likeness (QED) is 0.802. The summed E-state index contributed by atoms with van der Waals surface area (Å²) in [5.41, 5.74) is 4.41. The first-order chi connectivity index (χ1) is 7.90. The Morgan fingerprint density at radius 2 is 2.31 bits per heavy atom. The van der Waals surface area contributed by atoms with E-state index in [1.165, 1.54) is 0 Å². The van der Waals surface area contributed by atoms with Gasteiger partial charge in [0, 0.05) is 31.4 Å². The van der Waals surface area contributed by atoms with E-state index in [1.54, 1.807) is 13.3 Å². The molecule has 5 heteroatoms. The molecule has 0 aromatic carbocycles. The van der Waals surface area contributed by atoms with Crippen LogP contribution in [0.15, 0.2) is 18.3 Å². The number of hydrogen-bond acceptors (Lipinski definition) is 5. The van der Waals surface area contributed by atoms with Gasteiger partial charge in [-0.3, -0.25) is 5.43 Å². The van der Waals surface area contributed by atoms with Crippen LogP contribution in [0.25, 0.3) is 0 Å². The van der Waals surface area contributed by atoms with E-state index in [-0.39, 0.29) is 0 Å². The van der Waals surface area contributed by atoms with E-state index in [1.807, 2.05) is 12.1 Å². The van der Waals surface area contributed by atoms with Gasteiger partial charge in [-0.1, -0.05) is 6.07 Å². The molecule has 2 heterocycles. The lowest BCUT2D eigenvalue weighted by molar-refractivity contribution is 0.0104. The second kappa shape index (κ2) is 5.79. The van der Waals surface area contributed by atoms with Crippen molar-refractivity contribution in [1.29, 1.82) is 0 Å². The molecule has 1 aliphatic heterocycles. The van der Waals surface area contributed by atoms with Crippen LogP contribution in [-0.2, 0) is 11.3 Å². The summed E-state index contributed by atoms with van der Waals surface area (Å²) in [5, 5.41) is 2.16. The maximum atomic E-state index is 5.28. The minimum atomic E-state index is 0.684. The third-order valence-electron chi connectivity index (χ3n) is 2.55. The largest absolute Gasteiger partial charge is 0.481 e. The van der Waals surface area contributed by atoms with E-state index in [0.717, 1.165) is 38.4 Å². The Balaban J connectivity index is 1.88. The zero-order chi connectivity index (χ0) is 11.2. The topological polar surface area (TPSA) is 46.6 Å². The fourth-order valence-electron chi connectivity index (χ4n) is 1.66. The van der Waals surface area contributed by atoms with Crippen molar-refractivity contribution in [3.05, 3.63) is 23.9 Å². The summed E-state index contributed by atoms with van der Waals surface area (Å²) in [6.07, 6.45) is 1.73. The van der Waals surface area contributed by atoms with Crippen molar-refractivity contribution in [1.82, 2.24) is 15.4 Å². The molecule has 2 rings (SSSR count). The van der Waals surface area contributed by atoms with E-state index in [0.29, 0.717) is 5.88 Å². The Labute approximate surface area is 95.3 Å². The molecule has 0 spiro atoms. The molecule has 0 amide bonds. The maximum absolute atomic E-state index is 5.28. The smallest absolute Gasteiger partial charge is 0.217 e. The number of nitrogens with zero attached hydrogens (tertiary/aromatic N) is 2. The molecule has 0 aliphatic carbocycles. The summed E-state index contributed by atoms with van der Waals surface area (Å²) < 4.78 is 10.5. The number of aromatic nitrogens is 1. The van der Waals surface area contributed by atoms with Crippen LogP contribution in [0.5, 0.6) is 5.88 Å². The molecule has 1 aliphatic rings. The van der Waals surface area contributed by atoms with E-state index >= 15 is 0 Å². The number of pyridine rings is 1. The van der Waals surface area contributed by atoms with Gasteiger partial charge in [-0.05, 0) is 6.07 Å². The van der Waals surface area contributed by atoms with Crippen LogP contribution in [0.4, 0.5) is 0 Å². The highest BCUT2D eigenvalue weighted by molar-refractivity contribution is 5.24. The van der Waals surface area contributed by atoms with Crippen molar-refractivity contribution >= 4 is 0 Å². The molecule has 1 aromatic rings. The monoisotopic (exact) mass is 223 g/mol. The molecule has 1 aromatic heterocycles. The second-order valence-electron chi connectivity index (χ2n) is 3.61. The number of hydrogen-bond donors (Lipinski definition) is 1. The number of nitrogens with one attached hydrogen (secondary N) is 1. The highest BCUT2D eigenvalue weighted by atomic mass is 16.5. The third-order valence-corrected chi connectivity index (χ3v) is 2.55. The van der Waals surface area contributed by atoms with E-state index in [9.17, 15) is 0 Å². The van der Waals surface area contributed by atoms with Gasteiger partial charge in [-0.2, -0.15) is 0 Å². The van der Waals surface area contributed by atoms with Crippen LogP contribution in [0.3, 0.4) is 0 Å². The van der Waals surface area contributed by atoms with Gasteiger partial charge >= 0.3 is 0 Å². The van der Waals surface area contributed by atoms with Gasteiger partial charge in [0.2, 0.25) is 5.88 Å². The van der Waals surface area contributed by atoms with Crippen LogP contribution in [0.2, 0.25) is 0 Å². The van der Waals surface area contributed by atoms with Crippen molar-refractivity contribution in [3.8, 4) is 5.88 Å². The number of morpholine rings is 1. The molecule has 5 nitrogen and oxygen atoms in total. The van der Waals surface area contributed by atoms with Crippen molar-refractivity contribution in [3.63, 3.8) is 0 Å². The van der Waals surface area contributed by atoms with Crippen molar-refractivity contribution in [2.45, 2.75) is 6.54 Å². The first-order valence-electron chi connectivity index (χ1n) is 5.44. The van der Waals surface area contributed by atoms with E-state index < -0.39 is 0 Å². The SMILES string of the molecule is COc1ncccc1CNN1CCOCC1. The molecular formula is C11H17N3O2. The Kier molecular flexibility index (Phi) is 4.10. The average Bonchev–Trinajstić information content (AvgIpc) is 2.38. The molecule has 0 unspecified atom stereocenters. The van der Waals surface area contributed by atoms with Crippen LogP contribution >= 0.6 is 0 Å². The fourth-order valence-corrected chi connectivity index (χ4v) is 1.66. The van der Waals surface area contributed by atoms with Crippen LogP contribution in [0, 0.1) is 0 Å². The van der Waals surface area contributed by atoms with Crippen molar-refractivity contribution < 1.29 is 9.47 Å². The average molecular weight is 223 g/mol. The first kappa shape index (κ1) is 11.3. The summed E-state index contributed by atoms with van der Waals surface area (Å²) in [6.45, 7) is 4.15. The molecular weight excluding hydrogens is 206 g/mol. The Bertz CT molecular complexity index is 327. The summed E-state index contributed by atoms with van der Waals surface area (Å²) in [4.78, 5) is 4.16. The van der Waals surface area contributed by atoms with Gasteiger partial charge in [0.25, 0.3) is 0 Å². The predicted molar refractivity (Wildman–Crippen MR) is 60.0 cm³/mol. The normalized spacial score (nSPS) is 17.3. The highest BCUT2D eigenvalue weighted by Crippen LogP contribution is 2.13. The molecule has 0 bridgehead atoms. The van der Waals surface area contributed by atoms with E-state index in [2.05, 4.69) is 15.4 Å². The van der Waals surface area contributed by atoms with Gasteiger partial charge < -0.3 is 9.47 Å². The van der Waals surface area contributed by atoms with E-state index in [4.69, 9.17) is 9.47 Å². The first-order valence-corrected chi connectivity index (χ1v) is 5.44. The lowest BCUT2D eigenvalue weighted by Crippen LogP contribution is -2.45. The number of rotatable bonds is 4. The predicted octanol–water partition coefficient (Wildman–Crippen LogP) is 0.427. The zero-order valence-electron chi connectivity index (χ0n) is 9.48. The molecule has 88 valence electrons. The standard InChI is InChI=1S/C11H17N3O2/c1-15-11-10(3-2-4-12-11)9-13-14-5-7-16-8-6-14/h2-4,13H,5-9H2,1H3. The zero-order valence-corrected chi connectivity index (χ0v) is 9.48.